The molecule has 0 unspecified atom stereocenters. The molecule has 0 amide bonds. The van der Waals surface area contributed by atoms with Gasteiger partial charge in [0.2, 0.25) is 0 Å². The number of anilines is 1. The van der Waals surface area contributed by atoms with Gasteiger partial charge >= 0.3 is 0 Å². The summed E-state index contributed by atoms with van der Waals surface area (Å²) in [6.07, 6.45) is 0.423. The van der Waals surface area contributed by atoms with Crippen LogP contribution in [0.2, 0.25) is 0 Å². The van der Waals surface area contributed by atoms with Crippen LogP contribution in [-0.4, -0.2) is 20.1 Å². The molecule has 0 saturated heterocycles. The normalized spacial score (nSPS) is 10.7. The number of benzene rings is 1. The van der Waals surface area contributed by atoms with E-state index < -0.39 is 10.0 Å². The highest BCUT2D eigenvalue weighted by Gasteiger charge is 2.14. The van der Waals surface area contributed by atoms with E-state index in [0.29, 0.717) is 12.1 Å². The van der Waals surface area contributed by atoms with E-state index in [1.54, 1.807) is 41.8 Å². The molecule has 0 saturated carbocycles. The Bertz CT molecular complexity index is 708. The number of nitrogens with one attached hydrogen (secondary N) is 1. The number of aliphatic hydroxyl groups is 1. The molecule has 0 fully saturated rings. The van der Waals surface area contributed by atoms with Crippen molar-refractivity contribution in [1.82, 2.24) is 0 Å². The molecule has 2 N–H and O–H groups in total. The van der Waals surface area contributed by atoms with Crippen molar-refractivity contribution in [3.8, 4) is 11.8 Å². The summed E-state index contributed by atoms with van der Waals surface area (Å²) in [6.45, 7) is 0.0334. The second-order valence-electron chi connectivity index (χ2n) is 3.89. The Kier molecular flexibility index (Phi) is 4.79. The van der Waals surface area contributed by atoms with E-state index in [1.807, 2.05) is 0 Å². The highest BCUT2D eigenvalue weighted by atomic mass is 32.2. The number of aliphatic hydroxyl groups excluding tert-OH is 1. The quantitative estimate of drug-likeness (QED) is 0.852. The Morgan fingerprint density at radius 1 is 1.20 bits per heavy atom. The lowest BCUT2D eigenvalue weighted by Gasteiger charge is -2.05. The van der Waals surface area contributed by atoms with Gasteiger partial charge in [-0.1, -0.05) is 17.9 Å². The highest BCUT2D eigenvalue weighted by Crippen LogP contribution is 2.20. The predicted octanol–water partition coefficient (Wildman–Crippen LogP) is 2.28. The Balaban J connectivity index is 2.10. The molecule has 0 aliphatic heterocycles. The summed E-state index contributed by atoms with van der Waals surface area (Å²) in [7, 11) is -3.50. The molecular weight excluding hydrogens is 294 g/mol. The van der Waals surface area contributed by atoms with Crippen molar-refractivity contribution < 1.29 is 13.5 Å². The van der Waals surface area contributed by atoms with E-state index in [9.17, 15) is 8.42 Å². The van der Waals surface area contributed by atoms with E-state index in [4.69, 9.17) is 5.11 Å². The smallest absolute Gasteiger partial charge is 0.271 e. The lowest BCUT2D eigenvalue weighted by molar-refractivity contribution is 0.305. The minimum Gasteiger partial charge on any atom is -0.395 e. The zero-order valence-corrected chi connectivity index (χ0v) is 12.2. The fraction of sp³-hybridized carbons (Fsp3) is 0.143. The summed E-state index contributed by atoms with van der Waals surface area (Å²) in [5.74, 6) is 5.68. The molecule has 2 aromatic rings. The first-order valence-corrected chi connectivity index (χ1v) is 8.24. The van der Waals surface area contributed by atoms with Gasteiger partial charge in [-0.3, -0.25) is 4.72 Å². The van der Waals surface area contributed by atoms with Crippen molar-refractivity contribution in [2.75, 3.05) is 11.3 Å². The van der Waals surface area contributed by atoms with E-state index >= 15 is 0 Å². The van der Waals surface area contributed by atoms with Crippen molar-refractivity contribution in [2.45, 2.75) is 10.6 Å². The number of hydrogen-bond acceptors (Lipinski definition) is 4. The first kappa shape index (κ1) is 14.6. The summed E-state index contributed by atoms with van der Waals surface area (Å²) >= 11 is 1.17. The minimum atomic E-state index is -3.50. The average Bonchev–Trinajstić information content (AvgIpc) is 2.95. The largest absolute Gasteiger partial charge is 0.395 e. The van der Waals surface area contributed by atoms with Crippen molar-refractivity contribution in [3.63, 3.8) is 0 Å². The maximum Gasteiger partial charge on any atom is 0.271 e. The van der Waals surface area contributed by atoms with Gasteiger partial charge in [-0.15, -0.1) is 11.3 Å². The van der Waals surface area contributed by atoms with Crippen molar-refractivity contribution in [3.05, 3.63) is 47.3 Å². The summed E-state index contributed by atoms with van der Waals surface area (Å²) in [5, 5.41) is 10.3. The van der Waals surface area contributed by atoms with Crippen LogP contribution in [0.25, 0.3) is 0 Å². The first-order valence-electron chi connectivity index (χ1n) is 5.88. The topological polar surface area (TPSA) is 66.4 Å². The van der Waals surface area contributed by atoms with Crippen LogP contribution in [0.3, 0.4) is 0 Å². The summed E-state index contributed by atoms with van der Waals surface area (Å²) in [4.78, 5) is 0. The number of rotatable bonds is 4. The highest BCUT2D eigenvalue weighted by molar-refractivity contribution is 7.94. The first-order chi connectivity index (χ1) is 9.62. The van der Waals surface area contributed by atoms with Crippen LogP contribution < -0.4 is 4.72 Å². The van der Waals surface area contributed by atoms with Gasteiger partial charge in [-0.2, -0.15) is 0 Å². The van der Waals surface area contributed by atoms with Gasteiger partial charge in [0.15, 0.2) is 0 Å². The van der Waals surface area contributed by atoms with Gasteiger partial charge < -0.3 is 5.11 Å². The second kappa shape index (κ2) is 6.57. The fourth-order valence-corrected chi connectivity index (χ4v) is 3.52. The number of hydrogen-bond donors (Lipinski definition) is 2. The van der Waals surface area contributed by atoms with Crippen molar-refractivity contribution in [1.29, 1.82) is 0 Å². The van der Waals surface area contributed by atoms with Crippen LogP contribution in [0.1, 0.15) is 12.0 Å². The van der Waals surface area contributed by atoms with Crippen LogP contribution >= 0.6 is 11.3 Å². The van der Waals surface area contributed by atoms with Crippen LogP contribution in [0, 0.1) is 11.8 Å². The Morgan fingerprint density at radius 3 is 2.55 bits per heavy atom. The van der Waals surface area contributed by atoms with Crippen LogP contribution in [0.15, 0.2) is 46.0 Å². The molecule has 0 aliphatic rings. The van der Waals surface area contributed by atoms with Gasteiger partial charge in [-0.25, -0.2) is 8.42 Å². The van der Waals surface area contributed by atoms with Gasteiger partial charge in [0.25, 0.3) is 10.0 Å². The standard InChI is InChI=1S/C14H13NO3S2/c16-10-2-1-4-12-6-8-13(9-7-12)15-20(17,18)14-5-3-11-19-14/h3,5-9,11,15-16H,2,10H2. The Hall–Kier alpha value is -1.81. The monoisotopic (exact) mass is 307 g/mol. The molecule has 0 bridgehead atoms. The van der Waals surface area contributed by atoms with Crippen molar-refractivity contribution >= 4 is 27.0 Å². The van der Waals surface area contributed by atoms with Gasteiger partial charge in [-0.05, 0) is 35.7 Å². The van der Waals surface area contributed by atoms with Crippen LogP contribution in [-0.2, 0) is 10.0 Å². The molecule has 2 rings (SSSR count). The summed E-state index contributed by atoms with van der Waals surface area (Å²) in [5.41, 5.74) is 1.27. The number of thiophene rings is 1. The lowest BCUT2D eigenvalue weighted by atomic mass is 10.2. The SMILES string of the molecule is O=S(=O)(Nc1ccc(C#CCCO)cc1)c1cccs1. The zero-order valence-electron chi connectivity index (χ0n) is 10.5. The minimum absolute atomic E-state index is 0.0334. The molecular formula is C14H13NO3S2. The molecule has 1 aromatic heterocycles. The van der Waals surface area contributed by atoms with Crippen LogP contribution in [0.5, 0.6) is 0 Å². The maximum atomic E-state index is 12.0. The number of sulfonamides is 1. The molecule has 0 atom stereocenters. The van der Waals surface area contributed by atoms with E-state index in [1.165, 1.54) is 11.3 Å². The lowest BCUT2D eigenvalue weighted by Crippen LogP contribution is -2.11. The zero-order chi connectivity index (χ0) is 14.4. The molecule has 0 spiro atoms. The van der Waals surface area contributed by atoms with Gasteiger partial charge in [0.05, 0.1) is 6.61 Å². The maximum absolute atomic E-state index is 12.0. The third kappa shape index (κ3) is 3.84. The van der Waals surface area contributed by atoms with E-state index in [0.717, 1.165) is 5.56 Å². The Morgan fingerprint density at radius 2 is 1.95 bits per heavy atom. The van der Waals surface area contributed by atoms with Crippen LogP contribution in [0.4, 0.5) is 5.69 Å². The fourth-order valence-electron chi connectivity index (χ4n) is 1.46. The third-order valence-electron chi connectivity index (χ3n) is 2.37. The van der Waals surface area contributed by atoms with Crippen molar-refractivity contribution in [2.24, 2.45) is 0 Å². The van der Waals surface area contributed by atoms with E-state index in [-0.39, 0.29) is 10.8 Å². The Labute approximate surface area is 122 Å². The van der Waals surface area contributed by atoms with Gasteiger partial charge in [0, 0.05) is 17.7 Å². The summed E-state index contributed by atoms with van der Waals surface area (Å²) in [6, 6.07) is 10.0. The average molecular weight is 307 g/mol. The molecule has 4 nitrogen and oxygen atoms in total. The molecule has 20 heavy (non-hydrogen) atoms. The second-order valence-corrected chi connectivity index (χ2v) is 6.75. The molecule has 1 aromatic carbocycles. The van der Waals surface area contributed by atoms with Gasteiger partial charge in [0.1, 0.15) is 4.21 Å². The van der Waals surface area contributed by atoms with E-state index in [2.05, 4.69) is 16.6 Å². The predicted molar refractivity (Wildman–Crippen MR) is 80.2 cm³/mol. The molecule has 104 valence electrons. The molecule has 0 radical (unpaired) electrons. The molecule has 1 heterocycles. The molecule has 6 heteroatoms. The third-order valence-corrected chi connectivity index (χ3v) is 5.15. The molecule has 0 aliphatic carbocycles. The summed E-state index contributed by atoms with van der Waals surface area (Å²) < 4.78 is 26.8.